The van der Waals surface area contributed by atoms with Crippen LogP contribution in [-0.4, -0.2) is 40.2 Å². The number of rotatable bonds is 3. The van der Waals surface area contributed by atoms with Crippen LogP contribution in [-0.2, 0) is 11.3 Å². The van der Waals surface area contributed by atoms with Crippen molar-refractivity contribution < 1.29 is 19.8 Å². The number of benzene rings is 1. The lowest BCUT2D eigenvalue weighted by Gasteiger charge is -2.30. The van der Waals surface area contributed by atoms with Gasteiger partial charge >= 0.3 is 12.0 Å². The van der Waals surface area contributed by atoms with Crippen LogP contribution in [0.4, 0.5) is 4.79 Å². The van der Waals surface area contributed by atoms with Crippen molar-refractivity contribution in [3.05, 3.63) is 29.8 Å². The summed E-state index contributed by atoms with van der Waals surface area (Å²) < 4.78 is 0. The lowest BCUT2D eigenvalue weighted by Crippen LogP contribution is -2.46. The second-order valence-electron chi connectivity index (χ2n) is 4.95. The van der Waals surface area contributed by atoms with Crippen LogP contribution in [0.5, 0.6) is 5.75 Å². The van der Waals surface area contributed by atoms with E-state index in [0.717, 1.165) is 5.56 Å². The molecular formula is C14H18N2O4. The highest BCUT2D eigenvalue weighted by Gasteiger charge is 2.27. The molecule has 1 aliphatic heterocycles. The zero-order chi connectivity index (χ0) is 14.5. The highest BCUT2D eigenvalue weighted by molar-refractivity contribution is 5.76. The van der Waals surface area contributed by atoms with E-state index in [1.54, 1.807) is 24.3 Å². The normalized spacial score (nSPS) is 18.6. The molecule has 1 saturated heterocycles. The first-order valence-electron chi connectivity index (χ1n) is 6.60. The molecule has 0 bridgehead atoms. The minimum absolute atomic E-state index is 0.153. The Bertz CT molecular complexity index is 504. The molecule has 0 aliphatic carbocycles. The van der Waals surface area contributed by atoms with Crippen LogP contribution in [0.25, 0.3) is 0 Å². The van der Waals surface area contributed by atoms with Crippen molar-refractivity contribution in [3.8, 4) is 5.75 Å². The molecule has 1 aromatic rings. The van der Waals surface area contributed by atoms with Crippen LogP contribution in [0.2, 0.25) is 0 Å². The maximum Gasteiger partial charge on any atom is 0.317 e. The number of phenols is 1. The van der Waals surface area contributed by atoms with E-state index in [2.05, 4.69) is 5.32 Å². The van der Waals surface area contributed by atoms with E-state index in [4.69, 9.17) is 5.11 Å². The molecule has 1 aromatic carbocycles. The smallest absolute Gasteiger partial charge is 0.317 e. The lowest BCUT2D eigenvalue weighted by atomic mass is 9.99. The average Bonchev–Trinajstić information content (AvgIpc) is 2.45. The Kier molecular flexibility index (Phi) is 4.45. The number of carboxylic acid groups (broad SMARTS) is 1. The van der Waals surface area contributed by atoms with Gasteiger partial charge in [0.2, 0.25) is 0 Å². The molecule has 1 fully saturated rings. The summed E-state index contributed by atoms with van der Waals surface area (Å²) in [5.74, 6) is -1.17. The zero-order valence-electron chi connectivity index (χ0n) is 11.1. The summed E-state index contributed by atoms with van der Waals surface area (Å²) in [6.07, 6.45) is 1.32. The molecular weight excluding hydrogens is 260 g/mol. The molecule has 1 heterocycles. The van der Waals surface area contributed by atoms with Crippen molar-refractivity contribution in [2.75, 3.05) is 13.1 Å². The second-order valence-corrected chi connectivity index (χ2v) is 4.95. The summed E-state index contributed by atoms with van der Waals surface area (Å²) in [6.45, 7) is 1.14. The number of likely N-dealkylation sites (tertiary alicyclic amines) is 1. The Hall–Kier alpha value is -2.24. The predicted octanol–water partition coefficient (Wildman–Crippen LogP) is 1.40. The first-order valence-corrected chi connectivity index (χ1v) is 6.60. The molecule has 0 saturated carbocycles. The third kappa shape index (κ3) is 3.63. The maximum absolute atomic E-state index is 12.0. The van der Waals surface area contributed by atoms with Crippen LogP contribution < -0.4 is 5.32 Å². The van der Waals surface area contributed by atoms with Gasteiger partial charge in [0.25, 0.3) is 0 Å². The van der Waals surface area contributed by atoms with Gasteiger partial charge in [-0.2, -0.15) is 0 Å². The number of carbonyl (C=O) groups excluding carboxylic acids is 1. The second kappa shape index (κ2) is 6.27. The molecule has 0 aromatic heterocycles. The number of hydrogen-bond donors (Lipinski definition) is 3. The van der Waals surface area contributed by atoms with E-state index in [1.807, 2.05) is 0 Å². The van der Waals surface area contributed by atoms with Gasteiger partial charge in [0.1, 0.15) is 5.75 Å². The SMILES string of the molecule is O=C(O)C1CCCN(C(=O)NCc2cccc(O)c2)C1. The van der Waals surface area contributed by atoms with Gasteiger partial charge in [0.05, 0.1) is 5.92 Å². The number of aliphatic carboxylic acids is 1. The minimum Gasteiger partial charge on any atom is -0.508 e. The van der Waals surface area contributed by atoms with E-state index in [0.29, 0.717) is 25.9 Å². The van der Waals surface area contributed by atoms with Gasteiger partial charge in [-0.3, -0.25) is 4.79 Å². The first-order chi connectivity index (χ1) is 9.56. The van der Waals surface area contributed by atoms with E-state index >= 15 is 0 Å². The van der Waals surface area contributed by atoms with Gasteiger partial charge in [-0.15, -0.1) is 0 Å². The molecule has 1 atom stereocenters. The van der Waals surface area contributed by atoms with Crippen molar-refractivity contribution >= 4 is 12.0 Å². The Morgan fingerprint density at radius 3 is 2.90 bits per heavy atom. The van der Waals surface area contributed by atoms with E-state index < -0.39 is 11.9 Å². The molecule has 20 heavy (non-hydrogen) atoms. The van der Waals surface area contributed by atoms with Crippen molar-refractivity contribution in [2.45, 2.75) is 19.4 Å². The number of carboxylic acids is 1. The summed E-state index contributed by atoms with van der Waals surface area (Å²) in [7, 11) is 0. The summed E-state index contributed by atoms with van der Waals surface area (Å²) in [5, 5.41) is 21.1. The van der Waals surface area contributed by atoms with E-state index in [9.17, 15) is 14.7 Å². The van der Waals surface area contributed by atoms with Crippen LogP contribution in [0.3, 0.4) is 0 Å². The summed E-state index contributed by atoms with van der Waals surface area (Å²) >= 11 is 0. The number of urea groups is 1. The summed E-state index contributed by atoms with van der Waals surface area (Å²) in [6, 6.07) is 6.39. The Morgan fingerprint density at radius 1 is 1.40 bits per heavy atom. The number of nitrogens with one attached hydrogen (secondary N) is 1. The molecule has 6 heteroatoms. The third-order valence-electron chi connectivity index (χ3n) is 3.41. The molecule has 3 N–H and O–H groups in total. The molecule has 6 nitrogen and oxygen atoms in total. The fraction of sp³-hybridized carbons (Fsp3) is 0.429. The quantitative estimate of drug-likeness (QED) is 0.779. The van der Waals surface area contributed by atoms with Gasteiger partial charge in [-0.25, -0.2) is 4.79 Å². The number of hydrogen-bond acceptors (Lipinski definition) is 3. The van der Waals surface area contributed by atoms with Gasteiger partial charge in [-0.1, -0.05) is 12.1 Å². The molecule has 2 rings (SSSR count). The van der Waals surface area contributed by atoms with Crippen LogP contribution >= 0.6 is 0 Å². The zero-order valence-corrected chi connectivity index (χ0v) is 11.1. The monoisotopic (exact) mass is 278 g/mol. The minimum atomic E-state index is -0.851. The molecule has 0 radical (unpaired) electrons. The number of carbonyl (C=O) groups is 2. The highest BCUT2D eigenvalue weighted by Crippen LogP contribution is 2.17. The topological polar surface area (TPSA) is 89.9 Å². The van der Waals surface area contributed by atoms with Gasteiger partial charge in [0.15, 0.2) is 0 Å². The lowest BCUT2D eigenvalue weighted by molar-refractivity contribution is -0.143. The Labute approximate surface area is 117 Å². The van der Waals surface area contributed by atoms with Crippen LogP contribution in [0.15, 0.2) is 24.3 Å². The number of phenolic OH excluding ortho intramolecular Hbond substituents is 1. The Morgan fingerprint density at radius 2 is 2.20 bits per heavy atom. The third-order valence-corrected chi connectivity index (χ3v) is 3.41. The standard InChI is InChI=1S/C14H18N2O4/c17-12-5-1-3-10(7-12)8-15-14(20)16-6-2-4-11(9-16)13(18)19/h1,3,5,7,11,17H,2,4,6,8-9H2,(H,15,20)(H,18,19). The largest absolute Gasteiger partial charge is 0.508 e. The van der Waals surface area contributed by atoms with Crippen molar-refractivity contribution in [2.24, 2.45) is 5.92 Å². The summed E-state index contributed by atoms with van der Waals surface area (Å²) in [5.41, 5.74) is 0.796. The van der Waals surface area contributed by atoms with Crippen molar-refractivity contribution in [3.63, 3.8) is 0 Å². The number of aromatic hydroxyl groups is 1. The number of amides is 2. The average molecular weight is 278 g/mol. The highest BCUT2D eigenvalue weighted by atomic mass is 16.4. The Balaban J connectivity index is 1.87. The molecule has 1 unspecified atom stereocenters. The molecule has 0 spiro atoms. The van der Waals surface area contributed by atoms with Crippen LogP contribution in [0.1, 0.15) is 18.4 Å². The number of nitrogens with zero attached hydrogens (tertiary/aromatic N) is 1. The van der Waals surface area contributed by atoms with Gasteiger partial charge in [0, 0.05) is 19.6 Å². The van der Waals surface area contributed by atoms with Crippen LogP contribution in [0, 0.1) is 5.92 Å². The first kappa shape index (κ1) is 14.2. The van der Waals surface area contributed by atoms with Crippen molar-refractivity contribution in [1.82, 2.24) is 10.2 Å². The molecule has 1 aliphatic rings. The molecule has 108 valence electrons. The maximum atomic E-state index is 12.0. The van der Waals surface area contributed by atoms with Crippen molar-refractivity contribution in [1.29, 1.82) is 0 Å². The van der Waals surface area contributed by atoms with Gasteiger partial charge in [-0.05, 0) is 30.5 Å². The number of piperidine rings is 1. The predicted molar refractivity (Wildman–Crippen MR) is 72.3 cm³/mol. The summed E-state index contributed by atoms with van der Waals surface area (Å²) in [4.78, 5) is 24.5. The fourth-order valence-electron chi connectivity index (χ4n) is 2.32. The fourth-order valence-corrected chi connectivity index (χ4v) is 2.32. The van der Waals surface area contributed by atoms with Gasteiger partial charge < -0.3 is 20.4 Å². The van der Waals surface area contributed by atoms with E-state index in [-0.39, 0.29) is 18.3 Å². The van der Waals surface area contributed by atoms with E-state index in [1.165, 1.54) is 4.90 Å². The molecule has 2 amide bonds.